The monoisotopic (exact) mass is 199 g/mol. The number of nitrogens with two attached hydrogens (primary N) is 1. The molecule has 0 aliphatic carbocycles. The van der Waals surface area contributed by atoms with Crippen molar-refractivity contribution in [2.24, 2.45) is 0 Å². The highest BCUT2D eigenvalue weighted by Crippen LogP contribution is 2.20. The summed E-state index contributed by atoms with van der Waals surface area (Å²) in [7, 11) is 0. The van der Waals surface area contributed by atoms with Gasteiger partial charge in [0.05, 0.1) is 5.52 Å². The molecule has 3 rings (SSSR count). The molecule has 15 heavy (non-hydrogen) atoms. The highest BCUT2D eigenvalue weighted by Gasteiger charge is 2.05. The Labute approximate surface area is 85.5 Å². The van der Waals surface area contributed by atoms with E-state index in [1.54, 1.807) is 17.1 Å². The zero-order valence-electron chi connectivity index (χ0n) is 7.88. The first-order valence-electron chi connectivity index (χ1n) is 4.58. The van der Waals surface area contributed by atoms with E-state index < -0.39 is 0 Å². The quantitative estimate of drug-likeness (QED) is 0.621. The molecule has 5 nitrogen and oxygen atoms in total. The van der Waals surface area contributed by atoms with Gasteiger partial charge in [0.15, 0.2) is 0 Å². The lowest BCUT2D eigenvalue weighted by atomic mass is 10.3. The number of rotatable bonds is 1. The summed E-state index contributed by atoms with van der Waals surface area (Å²) in [5.41, 5.74) is 6.73. The standard InChI is InChI=1S/C10H9N5/c11-10-7-6-9(15-5-1-3-13-15)14-8(7)2-4-12-10/h1-6,14H,(H2,11,12). The number of fused-ring (bicyclic) bond motifs is 1. The predicted octanol–water partition coefficient (Wildman–Crippen LogP) is 1.33. The molecule has 3 N–H and O–H groups in total. The highest BCUT2D eigenvalue weighted by atomic mass is 15.3. The maximum Gasteiger partial charge on any atom is 0.132 e. The molecule has 3 heterocycles. The molecule has 3 aromatic rings. The van der Waals surface area contributed by atoms with E-state index in [0.717, 1.165) is 16.7 Å². The average molecular weight is 199 g/mol. The Morgan fingerprint density at radius 3 is 3.00 bits per heavy atom. The van der Waals surface area contributed by atoms with Crippen molar-refractivity contribution in [2.75, 3.05) is 5.73 Å². The summed E-state index contributed by atoms with van der Waals surface area (Å²) in [4.78, 5) is 7.25. The first-order valence-corrected chi connectivity index (χ1v) is 4.58. The Bertz CT molecular complexity index is 593. The molecule has 0 amide bonds. The van der Waals surface area contributed by atoms with E-state index in [0.29, 0.717) is 5.82 Å². The zero-order valence-corrected chi connectivity index (χ0v) is 7.88. The number of H-pyrrole nitrogens is 1. The van der Waals surface area contributed by atoms with Gasteiger partial charge < -0.3 is 10.7 Å². The van der Waals surface area contributed by atoms with Gasteiger partial charge in [0, 0.05) is 24.0 Å². The van der Waals surface area contributed by atoms with Crippen LogP contribution < -0.4 is 5.73 Å². The van der Waals surface area contributed by atoms with E-state index >= 15 is 0 Å². The summed E-state index contributed by atoms with van der Waals surface area (Å²) >= 11 is 0. The number of hydrogen-bond donors (Lipinski definition) is 2. The zero-order chi connectivity index (χ0) is 10.3. The summed E-state index contributed by atoms with van der Waals surface area (Å²) in [6.45, 7) is 0. The second-order valence-electron chi connectivity index (χ2n) is 3.26. The molecule has 5 heteroatoms. The first-order chi connectivity index (χ1) is 7.34. The summed E-state index contributed by atoms with van der Waals surface area (Å²) in [5.74, 6) is 1.41. The number of nitrogen functional groups attached to an aromatic ring is 1. The summed E-state index contributed by atoms with van der Waals surface area (Å²) < 4.78 is 1.75. The topological polar surface area (TPSA) is 72.5 Å². The fourth-order valence-electron chi connectivity index (χ4n) is 1.60. The van der Waals surface area contributed by atoms with Gasteiger partial charge in [-0.2, -0.15) is 5.10 Å². The van der Waals surface area contributed by atoms with Crippen molar-refractivity contribution >= 4 is 16.7 Å². The SMILES string of the molecule is Nc1nccc2[nH]c(-n3cccn3)cc12. The van der Waals surface area contributed by atoms with E-state index in [9.17, 15) is 0 Å². The Hall–Kier alpha value is -2.30. The molecule has 0 aromatic carbocycles. The molecule has 0 bridgehead atoms. The number of nitrogens with one attached hydrogen (secondary N) is 1. The molecule has 0 spiro atoms. The normalized spacial score (nSPS) is 10.9. The van der Waals surface area contributed by atoms with E-state index in [1.165, 1.54) is 0 Å². The molecule has 0 atom stereocenters. The Morgan fingerprint density at radius 2 is 2.27 bits per heavy atom. The van der Waals surface area contributed by atoms with Crippen LogP contribution >= 0.6 is 0 Å². The lowest BCUT2D eigenvalue weighted by Crippen LogP contribution is -1.92. The number of pyridine rings is 1. The lowest BCUT2D eigenvalue weighted by molar-refractivity contribution is 0.858. The maximum atomic E-state index is 5.76. The van der Waals surface area contributed by atoms with Crippen LogP contribution in [-0.2, 0) is 0 Å². The van der Waals surface area contributed by atoms with Gasteiger partial charge in [0.1, 0.15) is 11.6 Å². The lowest BCUT2D eigenvalue weighted by Gasteiger charge is -1.93. The van der Waals surface area contributed by atoms with Gasteiger partial charge in [-0.25, -0.2) is 9.67 Å². The van der Waals surface area contributed by atoms with Crippen LogP contribution in [0.2, 0.25) is 0 Å². The second kappa shape index (κ2) is 2.84. The molecular weight excluding hydrogens is 190 g/mol. The molecular formula is C10H9N5. The van der Waals surface area contributed by atoms with Crippen LogP contribution in [0.5, 0.6) is 0 Å². The molecule has 0 saturated carbocycles. The van der Waals surface area contributed by atoms with Crippen molar-refractivity contribution in [2.45, 2.75) is 0 Å². The molecule has 0 aliphatic heterocycles. The van der Waals surface area contributed by atoms with Gasteiger partial charge in [-0.3, -0.25) is 0 Å². The second-order valence-corrected chi connectivity index (χ2v) is 3.26. The number of anilines is 1. The van der Waals surface area contributed by atoms with Crippen LogP contribution in [0.3, 0.4) is 0 Å². The van der Waals surface area contributed by atoms with Crippen molar-refractivity contribution in [1.82, 2.24) is 19.7 Å². The third kappa shape index (κ3) is 1.17. The van der Waals surface area contributed by atoms with Crippen molar-refractivity contribution in [3.05, 3.63) is 36.8 Å². The average Bonchev–Trinajstić information content (AvgIpc) is 2.86. The number of nitrogens with zero attached hydrogens (tertiary/aromatic N) is 3. The van der Waals surface area contributed by atoms with Crippen molar-refractivity contribution in [3.8, 4) is 5.82 Å². The molecule has 3 aromatic heterocycles. The van der Waals surface area contributed by atoms with E-state index in [2.05, 4.69) is 15.1 Å². The van der Waals surface area contributed by atoms with Crippen LogP contribution in [0.1, 0.15) is 0 Å². The van der Waals surface area contributed by atoms with Crippen molar-refractivity contribution in [3.63, 3.8) is 0 Å². The fourth-order valence-corrected chi connectivity index (χ4v) is 1.60. The molecule has 0 aliphatic rings. The van der Waals surface area contributed by atoms with Gasteiger partial charge in [0.2, 0.25) is 0 Å². The predicted molar refractivity (Wildman–Crippen MR) is 57.6 cm³/mol. The van der Waals surface area contributed by atoms with Gasteiger partial charge in [-0.1, -0.05) is 0 Å². The van der Waals surface area contributed by atoms with Crippen LogP contribution in [0.4, 0.5) is 5.82 Å². The van der Waals surface area contributed by atoms with E-state index in [4.69, 9.17) is 5.73 Å². The smallest absolute Gasteiger partial charge is 0.132 e. The largest absolute Gasteiger partial charge is 0.383 e. The maximum absolute atomic E-state index is 5.76. The van der Waals surface area contributed by atoms with E-state index in [1.807, 2.05) is 24.4 Å². The van der Waals surface area contributed by atoms with Gasteiger partial charge in [-0.05, 0) is 18.2 Å². The number of aromatic nitrogens is 4. The summed E-state index contributed by atoms with van der Waals surface area (Å²) in [6, 6.07) is 5.69. The minimum absolute atomic E-state index is 0.530. The summed E-state index contributed by atoms with van der Waals surface area (Å²) in [5, 5.41) is 5.06. The molecule has 74 valence electrons. The van der Waals surface area contributed by atoms with Gasteiger partial charge in [-0.15, -0.1) is 0 Å². The van der Waals surface area contributed by atoms with Crippen LogP contribution in [-0.4, -0.2) is 19.7 Å². The number of aromatic amines is 1. The van der Waals surface area contributed by atoms with Crippen molar-refractivity contribution < 1.29 is 0 Å². The third-order valence-electron chi connectivity index (χ3n) is 2.32. The molecule has 0 radical (unpaired) electrons. The molecule has 0 saturated heterocycles. The summed E-state index contributed by atoms with van der Waals surface area (Å²) in [6.07, 6.45) is 5.28. The van der Waals surface area contributed by atoms with Gasteiger partial charge >= 0.3 is 0 Å². The van der Waals surface area contributed by atoms with Crippen LogP contribution in [0.15, 0.2) is 36.8 Å². The third-order valence-corrected chi connectivity index (χ3v) is 2.32. The number of hydrogen-bond acceptors (Lipinski definition) is 3. The van der Waals surface area contributed by atoms with Crippen LogP contribution in [0, 0.1) is 0 Å². The fraction of sp³-hybridized carbons (Fsp3) is 0. The minimum Gasteiger partial charge on any atom is -0.383 e. The molecule has 0 fully saturated rings. The van der Waals surface area contributed by atoms with Gasteiger partial charge in [0.25, 0.3) is 0 Å². The highest BCUT2D eigenvalue weighted by molar-refractivity contribution is 5.90. The Kier molecular flexibility index (Phi) is 1.53. The minimum atomic E-state index is 0.530. The van der Waals surface area contributed by atoms with Crippen LogP contribution in [0.25, 0.3) is 16.7 Å². The van der Waals surface area contributed by atoms with E-state index in [-0.39, 0.29) is 0 Å². The van der Waals surface area contributed by atoms with Crippen molar-refractivity contribution in [1.29, 1.82) is 0 Å². The molecule has 0 unspecified atom stereocenters. The Balaban J connectivity index is 2.27. The Morgan fingerprint density at radius 1 is 1.33 bits per heavy atom. The first kappa shape index (κ1) is 8.05.